The second-order valence-electron chi connectivity index (χ2n) is 5.16. The molecule has 0 bridgehead atoms. The number of aromatic nitrogens is 3. The number of carbonyl (C=O) groups is 1. The Morgan fingerprint density at radius 3 is 2.60 bits per heavy atom. The molecule has 0 atom stereocenters. The van der Waals surface area contributed by atoms with Gasteiger partial charge in [-0.3, -0.25) is 4.79 Å². The summed E-state index contributed by atoms with van der Waals surface area (Å²) in [6.45, 7) is 0. The standard InChI is InChI=1S/C18H12N4O2S/c23-17(12-6-7-15-16(8-12)25-11-21-15)22-13-9-19-18(20-10-13)24-14-4-2-1-3-5-14/h1-11H,(H,22,23). The van der Waals surface area contributed by atoms with Crippen molar-refractivity contribution >= 4 is 33.1 Å². The molecule has 0 unspecified atom stereocenters. The van der Waals surface area contributed by atoms with Crippen LogP contribution in [-0.4, -0.2) is 20.9 Å². The van der Waals surface area contributed by atoms with Crippen LogP contribution in [0.5, 0.6) is 11.8 Å². The molecule has 1 amide bonds. The van der Waals surface area contributed by atoms with Crippen molar-refractivity contribution in [3.05, 3.63) is 72.0 Å². The van der Waals surface area contributed by atoms with E-state index in [1.165, 1.54) is 23.7 Å². The Bertz CT molecular complexity index is 1020. The molecule has 0 spiro atoms. The molecule has 25 heavy (non-hydrogen) atoms. The number of rotatable bonds is 4. The zero-order valence-corrected chi connectivity index (χ0v) is 13.7. The predicted octanol–water partition coefficient (Wildman–Crippen LogP) is 4.13. The molecule has 2 aromatic carbocycles. The van der Waals surface area contributed by atoms with E-state index in [-0.39, 0.29) is 11.9 Å². The van der Waals surface area contributed by atoms with Crippen molar-refractivity contribution in [3.8, 4) is 11.8 Å². The van der Waals surface area contributed by atoms with Gasteiger partial charge in [0.1, 0.15) is 5.75 Å². The summed E-state index contributed by atoms with van der Waals surface area (Å²) in [6, 6.07) is 14.9. The Morgan fingerprint density at radius 1 is 1.00 bits per heavy atom. The molecule has 0 saturated carbocycles. The van der Waals surface area contributed by atoms with Crippen LogP contribution in [0.2, 0.25) is 0 Å². The van der Waals surface area contributed by atoms with Crippen molar-refractivity contribution in [1.29, 1.82) is 0 Å². The molecule has 2 aromatic heterocycles. The van der Waals surface area contributed by atoms with Crippen LogP contribution in [0.4, 0.5) is 5.69 Å². The van der Waals surface area contributed by atoms with E-state index in [1.54, 1.807) is 11.6 Å². The van der Waals surface area contributed by atoms with E-state index in [9.17, 15) is 4.79 Å². The number of hydrogen-bond donors (Lipinski definition) is 1. The van der Waals surface area contributed by atoms with E-state index in [2.05, 4.69) is 20.3 Å². The van der Waals surface area contributed by atoms with Gasteiger partial charge in [-0.15, -0.1) is 11.3 Å². The average molecular weight is 348 g/mol. The fourth-order valence-electron chi connectivity index (χ4n) is 2.23. The molecule has 122 valence electrons. The lowest BCUT2D eigenvalue weighted by Gasteiger charge is -2.06. The number of para-hydroxylation sites is 1. The highest BCUT2D eigenvalue weighted by atomic mass is 32.1. The van der Waals surface area contributed by atoms with Gasteiger partial charge in [0.15, 0.2) is 0 Å². The van der Waals surface area contributed by atoms with E-state index in [0.29, 0.717) is 17.0 Å². The lowest BCUT2D eigenvalue weighted by atomic mass is 10.2. The smallest absolute Gasteiger partial charge is 0.322 e. The van der Waals surface area contributed by atoms with Gasteiger partial charge < -0.3 is 10.1 Å². The minimum atomic E-state index is -0.226. The van der Waals surface area contributed by atoms with E-state index in [0.717, 1.165) is 10.2 Å². The summed E-state index contributed by atoms with van der Waals surface area (Å²) in [6.07, 6.45) is 3.02. The largest absolute Gasteiger partial charge is 0.424 e. The topological polar surface area (TPSA) is 77.0 Å². The van der Waals surface area contributed by atoms with Gasteiger partial charge in [-0.05, 0) is 30.3 Å². The van der Waals surface area contributed by atoms with Crippen LogP contribution in [0.3, 0.4) is 0 Å². The zero-order valence-electron chi connectivity index (χ0n) is 12.9. The summed E-state index contributed by atoms with van der Waals surface area (Å²) >= 11 is 1.50. The number of fused-ring (bicyclic) bond motifs is 1. The van der Waals surface area contributed by atoms with Gasteiger partial charge in [0.25, 0.3) is 5.91 Å². The fourth-order valence-corrected chi connectivity index (χ4v) is 2.94. The Balaban J connectivity index is 1.46. The maximum absolute atomic E-state index is 12.3. The molecule has 0 aliphatic heterocycles. The Kier molecular flexibility index (Phi) is 4.05. The predicted molar refractivity (Wildman–Crippen MR) is 96.1 cm³/mol. The van der Waals surface area contributed by atoms with Gasteiger partial charge in [0.05, 0.1) is 33.8 Å². The second kappa shape index (κ2) is 6.66. The fraction of sp³-hybridized carbons (Fsp3) is 0. The van der Waals surface area contributed by atoms with E-state index in [1.807, 2.05) is 42.5 Å². The minimum Gasteiger partial charge on any atom is -0.424 e. The molecular formula is C18H12N4O2S. The highest BCUT2D eigenvalue weighted by molar-refractivity contribution is 7.16. The molecule has 0 aliphatic rings. The number of ether oxygens (including phenoxy) is 1. The number of nitrogens with one attached hydrogen (secondary N) is 1. The average Bonchev–Trinajstić information content (AvgIpc) is 3.12. The summed E-state index contributed by atoms with van der Waals surface area (Å²) in [5, 5.41) is 2.77. The van der Waals surface area contributed by atoms with Gasteiger partial charge in [-0.1, -0.05) is 18.2 Å². The van der Waals surface area contributed by atoms with Crippen LogP contribution in [0.1, 0.15) is 10.4 Å². The molecule has 4 aromatic rings. The van der Waals surface area contributed by atoms with Crippen LogP contribution >= 0.6 is 11.3 Å². The Hall–Kier alpha value is -3.32. The summed E-state index contributed by atoms with van der Waals surface area (Å²) in [4.78, 5) is 24.8. The summed E-state index contributed by atoms with van der Waals surface area (Å²) in [5.41, 5.74) is 3.69. The third-order valence-electron chi connectivity index (χ3n) is 3.43. The first-order chi connectivity index (χ1) is 12.3. The minimum absolute atomic E-state index is 0.218. The first kappa shape index (κ1) is 15.2. The first-order valence-corrected chi connectivity index (χ1v) is 8.35. The molecule has 6 nitrogen and oxygen atoms in total. The van der Waals surface area contributed by atoms with Crippen LogP contribution in [0.25, 0.3) is 10.2 Å². The lowest BCUT2D eigenvalue weighted by molar-refractivity contribution is 0.102. The number of nitrogens with zero attached hydrogens (tertiary/aromatic N) is 3. The van der Waals surface area contributed by atoms with Gasteiger partial charge >= 0.3 is 6.01 Å². The van der Waals surface area contributed by atoms with Gasteiger partial charge in [0.2, 0.25) is 0 Å². The van der Waals surface area contributed by atoms with Crippen LogP contribution < -0.4 is 10.1 Å². The maximum Gasteiger partial charge on any atom is 0.322 e. The monoisotopic (exact) mass is 348 g/mol. The Morgan fingerprint density at radius 2 is 1.80 bits per heavy atom. The molecule has 0 aliphatic carbocycles. The third-order valence-corrected chi connectivity index (χ3v) is 4.22. The van der Waals surface area contributed by atoms with Crippen LogP contribution in [0.15, 0.2) is 66.4 Å². The second-order valence-corrected chi connectivity index (χ2v) is 6.04. The maximum atomic E-state index is 12.3. The quantitative estimate of drug-likeness (QED) is 0.600. The molecule has 1 N–H and O–H groups in total. The van der Waals surface area contributed by atoms with Gasteiger partial charge in [0, 0.05) is 5.56 Å². The summed E-state index contributed by atoms with van der Waals surface area (Å²) < 4.78 is 6.49. The highest BCUT2D eigenvalue weighted by Crippen LogP contribution is 2.20. The summed E-state index contributed by atoms with van der Waals surface area (Å²) in [7, 11) is 0. The molecule has 0 saturated heterocycles. The van der Waals surface area contributed by atoms with Gasteiger partial charge in [-0.25, -0.2) is 15.0 Å². The molecule has 0 radical (unpaired) electrons. The zero-order chi connectivity index (χ0) is 17.1. The lowest BCUT2D eigenvalue weighted by Crippen LogP contribution is -2.12. The number of benzene rings is 2. The van der Waals surface area contributed by atoms with Crippen molar-refractivity contribution in [2.45, 2.75) is 0 Å². The van der Waals surface area contributed by atoms with Gasteiger partial charge in [-0.2, -0.15) is 0 Å². The number of carbonyl (C=O) groups excluding carboxylic acids is 1. The normalized spacial score (nSPS) is 10.6. The van der Waals surface area contributed by atoms with Crippen molar-refractivity contribution in [1.82, 2.24) is 15.0 Å². The SMILES string of the molecule is O=C(Nc1cnc(Oc2ccccc2)nc1)c1ccc2ncsc2c1. The van der Waals surface area contributed by atoms with Crippen LogP contribution in [0, 0.1) is 0 Å². The van der Waals surface area contributed by atoms with E-state index in [4.69, 9.17) is 4.74 Å². The molecular weight excluding hydrogens is 336 g/mol. The van der Waals surface area contributed by atoms with Crippen molar-refractivity contribution in [2.75, 3.05) is 5.32 Å². The van der Waals surface area contributed by atoms with Crippen LogP contribution in [-0.2, 0) is 0 Å². The first-order valence-electron chi connectivity index (χ1n) is 7.47. The van der Waals surface area contributed by atoms with Crippen molar-refractivity contribution < 1.29 is 9.53 Å². The third kappa shape index (κ3) is 3.46. The van der Waals surface area contributed by atoms with E-state index >= 15 is 0 Å². The number of anilines is 1. The number of thiazole rings is 1. The number of amides is 1. The number of hydrogen-bond acceptors (Lipinski definition) is 6. The van der Waals surface area contributed by atoms with Crippen molar-refractivity contribution in [3.63, 3.8) is 0 Å². The van der Waals surface area contributed by atoms with E-state index < -0.39 is 0 Å². The molecule has 2 heterocycles. The highest BCUT2D eigenvalue weighted by Gasteiger charge is 2.09. The molecule has 0 fully saturated rings. The molecule has 7 heteroatoms. The van der Waals surface area contributed by atoms with Crippen molar-refractivity contribution in [2.24, 2.45) is 0 Å². The Labute approximate surface area is 147 Å². The molecule has 4 rings (SSSR count). The summed E-state index contributed by atoms with van der Waals surface area (Å²) in [5.74, 6) is 0.424.